The Morgan fingerprint density at radius 2 is 1.48 bits per heavy atom. The summed E-state index contributed by atoms with van der Waals surface area (Å²) in [6.45, 7) is 0. The van der Waals surface area contributed by atoms with Crippen LogP contribution in [0.5, 0.6) is 0 Å². The van der Waals surface area contributed by atoms with Crippen molar-refractivity contribution in [2.75, 3.05) is 4.90 Å². The van der Waals surface area contributed by atoms with Crippen molar-refractivity contribution in [2.24, 2.45) is 11.8 Å². The fraction of sp³-hybridized carbons (Fsp3) is 0.250. The summed E-state index contributed by atoms with van der Waals surface area (Å²) in [5, 5.41) is 0.544. The molecule has 4 atom stereocenters. The van der Waals surface area contributed by atoms with E-state index >= 15 is 0 Å². The molecule has 2 bridgehead atoms. The Morgan fingerprint density at radius 1 is 0.840 bits per heavy atom. The van der Waals surface area contributed by atoms with Crippen LogP contribution in [0.4, 0.5) is 5.69 Å². The van der Waals surface area contributed by atoms with E-state index in [2.05, 4.69) is 0 Å². The van der Waals surface area contributed by atoms with E-state index in [0.29, 0.717) is 17.1 Å². The molecule has 0 radical (unpaired) electrons. The monoisotopic (exact) mass is 351 g/mol. The molecule has 3 aliphatic carbocycles. The molecular formula is C20H14ClNO3. The lowest BCUT2D eigenvalue weighted by Crippen LogP contribution is -2.44. The maximum atomic E-state index is 13.1. The maximum Gasteiger partial charge on any atom is 0.238 e. The zero-order chi connectivity index (χ0) is 17.3. The molecule has 2 aromatic rings. The van der Waals surface area contributed by atoms with Gasteiger partial charge in [-0.15, -0.1) is 0 Å². The molecule has 4 unspecified atom stereocenters. The second kappa shape index (κ2) is 5.02. The molecule has 0 N–H and O–H groups in total. The van der Waals surface area contributed by atoms with Gasteiger partial charge in [-0.3, -0.25) is 19.3 Å². The van der Waals surface area contributed by atoms with Gasteiger partial charge in [0.1, 0.15) is 5.78 Å². The molecule has 2 fully saturated rings. The van der Waals surface area contributed by atoms with Gasteiger partial charge in [-0.2, -0.15) is 0 Å². The third-order valence-corrected chi connectivity index (χ3v) is 6.03. The highest BCUT2D eigenvalue weighted by atomic mass is 35.5. The van der Waals surface area contributed by atoms with Gasteiger partial charge >= 0.3 is 0 Å². The average Bonchev–Trinajstić information content (AvgIpc) is 2.88. The third kappa shape index (κ3) is 1.86. The van der Waals surface area contributed by atoms with Crippen molar-refractivity contribution < 1.29 is 14.4 Å². The second-order valence-electron chi connectivity index (χ2n) is 6.92. The number of hydrogen-bond donors (Lipinski definition) is 0. The number of halogens is 1. The molecule has 1 heterocycles. The Hall–Kier alpha value is -2.46. The zero-order valence-corrected chi connectivity index (χ0v) is 13.9. The van der Waals surface area contributed by atoms with Crippen LogP contribution >= 0.6 is 11.6 Å². The Morgan fingerprint density at radius 3 is 2.20 bits per heavy atom. The maximum absolute atomic E-state index is 13.1. The molecule has 124 valence electrons. The molecule has 6 rings (SSSR count). The van der Waals surface area contributed by atoms with Crippen LogP contribution < -0.4 is 4.90 Å². The minimum Gasteiger partial charge on any atom is -0.299 e. The van der Waals surface area contributed by atoms with Gasteiger partial charge in [0.05, 0.1) is 23.4 Å². The smallest absolute Gasteiger partial charge is 0.238 e. The summed E-state index contributed by atoms with van der Waals surface area (Å²) in [7, 11) is 0. The van der Waals surface area contributed by atoms with Gasteiger partial charge < -0.3 is 0 Å². The van der Waals surface area contributed by atoms with Gasteiger partial charge in [0.15, 0.2) is 0 Å². The molecule has 1 saturated carbocycles. The molecule has 2 aromatic carbocycles. The largest absolute Gasteiger partial charge is 0.299 e. The van der Waals surface area contributed by atoms with Crippen molar-refractivity contribution in [2.45, 2.75) is 18.3 Å². The molecule has 5 heteroatoms. The predicted molar refractivity (Wildman–Crippen MR) is 92.5 cm³/mol. The Balaban J connectivity index is 1.65. The van der Waals surface area contributed by atoms with E-state index in [1.54, 1.807) is 24.3 Å². The average molecular weight is 352 g/mol. The van der Waals surface area contributed by atoms with E-state index in [4.69, 9.17) is 11.6 Å². The molecule has 0 aromatic heterocycles. The number of carbonyl (C=O) groups excluding carboxylic acids is 3. The molecule has 0 spiro atoms. The van der Waals surface area contributed by atoms with Crippen LogP contribution in [0.1, 0.15) is 29.4 Å². The van der Waals surface area contributed by atoms with Crippen LogP contribution in [0.3, 0.4) is 0 Å². The minimum absolute atomic E-state index is 0.0732. The van der Waals surface area contributed by atoms with E-state index < -0.39 is 17.8 Å². The highest BCUT2D eigenvalue weighted by molar-refractivity contribution is 6.31. The van der Waals surface area contributed by atoms with E-state index in [1.165, 1.54) is 4.90 Å². The highest BCUT2D eigenvalue weighted by Gasteiger charge is 2.62. The first-order valence-electron chi connectivity index (χ1n) is 8.33. The van der Waals surface area contributed by atoms with Crippen LogP contribution in [-0.2, 0) is 14.4 Å². The van der Waals surface area contributed by atoms with Gasteiger partial charge in [-0.1, -0.05) is 35.9 Å². The number of carbonyl (C=O) groups is 3. The van der Waals surface area contributed by atoms with Crippen molar-refractivity contribution in [3.05, 3.63) is 64.7 Å². The lowest BCUT2D eigenvalue weighted by molar-refractivity contribution is -0.134. The topological polar surface area (TPSA) is 54.5 Å². The summed E-state index contributed by atoms with van der Waals surface area (Å²) in [6, 6.07) is 14.4. The second-order valence-corrected chi connectivity index (χ2v) is 7.36. The highest BCUT2D eigenvalue weighted by Crippen LogP contribution is 2.57. The van der Waals surface area contributed by atoms with Crippen LogP contribution in [0, 0.1) is 11.8 Å². The number of benzene rings is 2. The van der Waals surface area contributed by atoms with Gasteiger partial charge in [0.25, 0.3) is 0 Å². The standard InChI is InChI=1S/C20H14ClNO3/c21-10-5-7-11(8-6-10)22-19(24)17-14-9-15(23)16(18(17)20(22)25)13-4-2-1-3-12(13)14/h1-8,14,16-18H,9H2. The number of amides is 2. The van der Waals surface area contributed by atoms with E-state index in [-0.39, 0.29) is 23.5 Å². The summed E-state index contributed by atoms with van der Waals surface area (Å²) in [5.74, 6) is -2.12. The van der Waals surface area contributed by atoms with Gasteiger partial charge in [-0.25, -0.2) is 0 Å². The number of nitrogens with zero attached hydrogens (tertiary/aromatic N) is 1. The summed E-state index contributed by atoms with van der Waals surface area (Å²) in [5.41, 5.74) is 2.49. The van der Waals surface area contributed by atoms with Crippen LogP contribution in [0.25, 0.3) is 0 Å². The zero-order valence-electron chi connectivity index (χ0n) is 13.2. The molecule has 4 aliphatic rings. The molecule has 2 amide bonds. The van der Waals surface area contributed by atoms with Crippen LogP contribution in [0.15, 0.2) is 48.5 Å². The van der Waals surface area contributed by atoms with Crippen LogP contribution in [-0.4, -0.2) is 17.6 Å². The number of anilines is 1. The summed E-state index contributed by atoms with van der Waals surface area (Å²) in [6.07, 6.45) is 0.344. The first-order chi connectivity index (χ1) is 12.1. The minimum atomic E-state index is -0.579. The fourth-order valence-corrected chi connectivity index (χ4v) is 4.93. The Bertz CT molecular complexity index is 936. The fourth-order valence-electron chi connectivity index (χ4n) is 4.80. The Labute approximate surface area is 149 Å². The molecule has 1 saturated heterocycles. The molecule has 25 heavy (non-hydrogen) atoms. The normalized spacial score (nSPS) is 29.8. The van der Waals surface area contributed by atoms with E-state index in [0.717, 1.165) is 11.1 Å². The number of fused-ring (bicyclic) bond motifs is 1. The molecule has 4 nitrogen and oxygen atoms in total. The van der Waals surface area contributed by atoms with Crippen molar-refractivity contribution in [3.8, 4) is 0 Å². The van der Waals surface area contributed by atoms with Gasteiger partial charge in [0, 0.05) is 17.4 Å². The van der Waals surface area contributed by atoms with Crippen molar-refractivity contribution in [1.29, 1.82) is 0 Å². The van der Waals surface area contributed by atoms with Gasteiger partial charge in [-0.05, 0) is 35.4 Å². The quantitative estimate of drug-likeness (QED) is 0.741. The summed E-state index contributed by atoms with van der Waals surface area (Å²) in [4.78, 5) is 40.1. The number of Topliss-reactive ketones (excluding diaryl/α,β-unsaturated/α-hetero) is 1. The first-order valence-corrected chi connectivity index (χ1v) is 8.70. The molecule has 1 aliphatic heterocycles. The van der Waals surface area contributed by atoms with Crippen molar-refractivity contribution in [1.82, 2.24) is 0 Å². The number of hydrogen-bond acceptors (Lipinski definition) is 3. The van der Waals surface area contributed by atoms with E-state index in [1.807, 2.05) is 24.3 Å². The number of ketones is 1. The van der Waals surface area contributed by atoms with Crippen LogP contribution in [0.2, 0.25) is 5.02 Å². The summed E-state index contributed by atoms with van der Waals surface area (Å²) < 4.78 is 0. The van der Waals surface area contributed by atoms with E-state index in [9.17, 15) is 14.4 Å². The lowest BCUT2D eigenvalue weighted by atomic mass is 9.56. The number of imide groups is 1. The number of rotatable bonds is 1. The summed E-state index contributed by atoms with van der Waals surface area (Å²) >= 11 is 5.92. The molecular weight excluding hydrogens is 338 g/mol. The predicted octanol–water partition coefficient (Wildman–Crippen LogP) is 3.30. The third-order valence-electron chi connectivity index (χ3n) is 5.77. The first kappa shape index (κ1) is 14.8. The Kier molecular flexibility index (Phi) is 2.98. The van der Waals surface area contributed by atoms with Gasteiger partial charge in [0.2, 0.25) is 11.8 Å². The lowest BCUT2D eigenvalue weighted by Gasteiger charge is -2.43. The van der Waals surface area contributed by atoms with Crippen molar-refractivity contribution >= 4 is 34.9 Å². The van der Waals surface area contributed by atoms with Crippen molar-refractivity contribution in [3.63, 3.8) is 0 Å². The SMILES string of the molecule is O=C1CC2c3ccccc3C1C1C(=O)N(c3ccc(Cl)cc3)C(=O)C21.